The number of pyridine rings is 1. The van der Waals surface area contributed by atoms with Crippen LogP contribution in [0.15, 0.2) is 24.5 Å². The van der Waals surface area contributed by atoms with E-state index in [9.17, 15) is 4.79 Å². The van der Waals surface area contributed by atoms with Crippen molar-refractivity contribution in [1.82, 2.24) is 20.1 Å². The molecule has 0 aliphatic carbocycles. The summed E-state index contributed by atoms with van der Waals surface area (Å²) in [6.45, 7) is 6.04. The SMILES string of the molecule is CCCNc1nnc(C(=O)N(CC)Cc2ccncc2)s1. The minimum atomic E-state index is -0.0867. The summed E-state index contributed by atoms with van der Waals surface area (Å²) >= 11 is 1.30. The van der Waals surface area contributed by atoms with E-state index in [0.717, 1.165) is 18.5 Å². The summed E-state index contributed by atoms with van der Waals surface area (Å²) in [5.74, 6) is -0.0867. The third-order valence-corrected chi connectivity index (χ3v) is 3.79. The Labute approximate surface area is 128 Å². The minimum absolute atomic E-state index is 0.0867. The normalized spacial score (nSPS) is 10.4. The van der Waals surface area contributed by atoms with Crippen LogP contribution in [0.2, 0.25) is 0 Å². The molecule has 112 valence electrons. The number of carbonyl (C=O) groups is 1. The van der Waals surface area contributed by atoms with Crippen molar-refractivity contribution in [2.24, 2.45) is 0 Å². The van der Waals surface area contributed by atoms with Crippen molar-refractivity contribution in [2.75, 3.05) is 18.4 Å². The zero-order valence-electron chi connectivity index (χ0n) is 12.2. The molecule has 6 nitrogen and oxygen atoms in total. The highest BCUT2D eigenvalue weighted by atomic mass is 32.1. The molecule has 2 heterocycles. The Bertz CT molecular complexity index is 572. The second-order valence-corrected chi connectivity index (χ2v) is 5.49. The smallest absolute Gasteiger partial charge is 0.285 e. The molecule has 2 aromatic heterocycles. The molecule has 0 fully saturated rings. The largest absolute Gasteiger partial charge is 0.360 e. The molecule has 0 saturated carbocycles. The van der Waals surface area contributed by atoms with Crippen LogP contribution in [-0.4, -0.2) is 39.1 Å². The number of anilines is 1. The van der Waals surface area contributed by atoms with Crippen molar-refractivity contribution in [3.63, 3.8) is 0 Å². The first-order valence-electron chi connectivity index (χ1n) is 7.00. The topological polar surface area (TPSA) is 71.0 Å². The Balaban J connectivity index is 2.04. The molecule has 0 spiro atoms. The van der Waals surface area contributed by atoms with Gasteiger partial charge < -0.3 is 10.2 Å². The van der Waals surface area contributed by atoms with Crippen LogP contribution in [0, 0.1) is 0 Å². The zero-order valence-corrected chi connectivity index (χ0v) is 13.1. The maximum atomic E-state index is 12.5. The Morgan fingerprint density at radius 1 is 1.29 bits per heavy atom. The first-order chi connectivity index (χ1) is 10.2. The van der Waals surface area contributed by atoms with E-state index in [0.29, 0.717) is 23.2 Å². The van der Waals surface area contributed by atoms with E-state index in [-0.39, 0.29) is 5.91 Å². The van der Waals surface area contributed by atoms with Crippen molar-refractivity contribution >= 4 is 22.4 Å². The monoisotopic (exact) mass is 305 g/mol. The predicted molar refractivity (Wildman–Crippen MR) is 83.3 cm³/mol. The zero-order chi connectivity index (χ0) is 15.1. The number of rotatable bonds is 7. The Hall–Kier alpha value is -2.02. The average molecular weight is 305 g/mol. The summed E-state index contributed by atoms with van der Waals surface area (Å²) in [7, 11) is 0. The molecule has 21 heavy (non-hydrogen) atoms. The van der Waals surface area contributed by atoms with Crippen molar-refractivity contribution in [3.8, 4) is 0 Å². The Morgan fingerprint density at radius 2 is 2.05 bits per heavy atom. The van der Waals surface area contributed by atoms with Gasteiger partial charge in [0.05, 0.1) is 0 Å². The quantitative estimate of drug-likeness (QED) is 0.850. The van der Waals surface area contributed by atoms with Crippen LogP contribution >= 0.6 is 11.3 Å². The molecule has 0 atom stereocenters. The highest BCUT2D eigenvalue weighted by Crippen LogP contribution is 2.18. The van der Waals surface area contributed by atoms with E-state index in [1.807, 2.05) is 19.1 Å². The summed E-state index contributed by atoms with van der Waals surface area (Å²) in [6.07, 6.45) is 4.46. The van der Waals surface area contributed by atoms with E-state index in [1.54, 1.807) is 17.3 Å². The number of nitrogens with zero attached hydrogens (tertiary/aromatic N) is 4. The first-order valence-corrected chi connectivity index (χ1v) is 7.81. The van der Waals surface area contributed by atoms with Gasteiger partial charge in [0.1, 0.15) is 0 Å². The molecular formula is C14H19N5OS. The molecule has 2 aromatic rings. The summed E-state index contributed by atoms with van der Waals surface area (Å²) in [6, 6.07) is 3.81. The second kappa shape index (κ2) is 7.68. The van der Waals surface area contributed by atoms with Gasteiger partial charge >= 0.3 is 0 Å². The summed E-state index contributed by atoms with van der Waals surface area (Å²) in [5.41, 5.74) is 1.05. The molecule has 1 amide bonds. The van der Waals surface area contributed by atoms with Crippen molar-refractivity contribution in [2.45, 2.75) is 26.8 Å². The van der Waals surface area contributed by atoms with Crippen LogP contribution in [0.25, 0.3) is 0 Å². The molecule has 0 aliphatic heterocycles. The van der Waals surface area contributed by atoms with Crippen LogP contribution in [0.3, 0.4) is 0 Å². The van der Waals surface area contributed by atoms with Gasteiger partial charge in [0.15, 0.2) is 0 Å². The summed E-state index contributed by atoms with van der Waals surface area (Å²) in [4.78, 5) is 18.2. The van der Waals surface area contributed by atoms with Gasteiger partial charge in [-0.25, -0.2) is 0 Å². The highest BCUT2D eigenvalue weighted by Gasteiger charge is 2.19. The fourth-order valence-electron chi connectivity index (χ4n) is 1.78. The molecule has 0 aliphatic rings. The van der Waals surface area contributed by atoms with Gasteiger partial charge in [0.2, 0.25) is 10.1 Å². The molecule has 1 N–H and O–H groups in total. The Kier molecular flexibility index (Phi) is 5.62. The molecule has 0 bridgehead atoms. The number of nitrogens with one attached hydrogen (secondary N) is 1. The second-order valence-electron chi connectivity index (χ2n) is 4.51. The summed E-state index contributed by atoms with van der Waals surface area (Å²) < 4.78 is 0. The van der Waals surface area contributed by atoms with Gasteiger partial charge in [-0.3, -0.25) is 9.78 Å². The molecule has 0 aromatic carbocycles. The van der Waals surface area contributed by atoms with Crippen LogP contribution in [0.1, 0.15) is 35.6 Å². The molecule has 7 heteroatoms. The van der Waals surface area contributed by atoms with Crippen LogP contribution in [0.5, 0.6) is 0 Å². The van der Waals surface area contributed by atoms with Gasteiger partial charge in [0.25, 0.3) is 5.91 Å². The van der Waals surface area contributed by atoms with Gasteiger partial charge in [0, 0.05) is 32.0 Å². The molecular weight excluding hydrogens is 286 g/mol. The van der Waals surface area contributed by atoms with Gasteiger partial charge in [-0.05, 0) is 31.0 Å². The predicted octanol–water partition coefficient (Wildman–Crippen LogP) is 2.42. The molecule has 0 unspecified atom stereocenters. The molecule has 0 saturated heterocycles. The first kappa shape index (κ1) is 15.4. The van der Waals surface area contributed by atoms with Crippen LogP contribution in [0.4, 0.5) is 5.13 Å². The molecule has 2 rings (SSSR count). The third kappa shape index (κ3) is 4.22. The van der Waals surface area contributed by atoms with Crippen LogP contribution < -0.4 is 5.32 Å². The van der Waals surface area contributed by atoms with Gasteiger partial charge in [-0.2, -0.15) is 0 Å². The van der Waals surface area contributed by atoms with E-state index in [2.05, 4.69) is 27.4 Å². The molecule has 0 radical (unpaired) electrons. The van der Waals surface area contributed by atoms with Crippen molar-refractivity contribution in [3.05, 3.63) is 35.1 Å². The van der Waals surface area contributed by atoms with Crippen molar-refractivity contribution < 1.29 is 4.79 Å². The number of aromatic nitrogens is 3. The number of carbonyl (C=O) groups excluding carboxylic acids is 1. The lowest BCUT2D eigenvalue weighted by Gasteiger charge is -2.19. The number of hydrogen-bond donors (Lipinski definition) is 1. The van der Waals surface area contributed by atoms with Crippen molar-refractivity contribution in [1.29, 1.82) is 0 Å². The summed E-state index contributed by atoms with van der Waals surface area (Å²) in [5, 5.41) is 12.2. The average Bonchev–Trinajstić information content (AvgIpc) is 3.00. The number of amides is 1. The van der Waals surface area contributed by atoms with E-state index >= 15 is 0 Å². The lowest BCUT2D eigenvalue weighted by atomic mass is 10.2. The highest BCUT2D eigenvalue weighted by molar-refractivity contribution is 7.17. The lowest BCUT2D eigenvalue weighted by molar-refractivity contribution is 0.0751. The number of hydrogen-bond acceptors (Lipinski definition) is 6. The van der Waals surface area contributed by atoms with Crippen LogP contribution in [-0.2, 0) is 6.54 Å². The minimum Gasteiger partial charge on any atom is -0.360 e. The Morgan fingerprint density at radius 3 is 2.71 bits per heavy atom. The maximum Gasteiger partial charge on any atom is 0.285 e. The fourth-order valence-corrected chi connectivity index (χ4v) is 2.52. The lowest BCUT2D eigenvalue weighted by Crippen LogP contribution is -2.30. The van der Waals surface area contributed by atoms with Gasteiger partial charge in [-0.15, -0.1) is 10.2 Å². The maximum absolute atomic E-state index is 12.5. The van der Waals surface area contributed by atoms with E-state index in [4.69, 9.17) is 0 Å². The fraction of sp³-hybridized carbons (Fsp3) is 0.429. The third-order valence-electron chi connectivity index (χ3n) is 2.93. The van der Waals surface area contributed by atoms with E-state index in [1.165, 1.54) is 11.3 Å². The van der Waals surface area contributed by atoms with E-state index < -0.39 is 0 Å². The van der Waals surface area contributed by atoms with Gasteiger partial charge in [-0.1, -0.05) is 18.3 Å². The standard InChI is InChI=1S/C14H19N5OS/c1-3-7-16-14-18-17-12(21-14)13(20)19(4-2)10-11-5-8-15-9-6-11/h5-6,8-9H,3-4,7,10H2,1-2H3,(H,16,18).